The van der Waals surface area contributed by atoms with Crippen LogP contribution in [0.3, 0.4) is 0 Å². The van der Waals surface area contributed by atoms with Crippen LogP contribution < -0.4 is 0 Å². The van der Waals surface area contributed by atoms with Gasteiger partial charge >= 0.3 is 0 Å². The molecule has 0 N–H and O–H groups in total. The third-order valence-corrected chi connectivity index (χ3v) is 12.4. The van der Waals surface area contributed by atoms with Crippen molar-refractivity contribution in [2.75, 3.05) is 50.2 Å². The van der Waals surface area contributed by atoms with Crippen molar-refractivity contribution in [1.82, 2.24) is 9.80 Å². The highest BCUT2D eigenvalue weighted by Crippen LogP contribution is 2.50. The first-order valence-corrected chi connectivity index (χ1v) is 13.3. The maximum Gasteiger partial charge on any atom is 0.0752 e. The summed E-state index contributed by atoms with van der Waals surface area (Å²) in [6.45, 7) is 7.29. The van der Waals surface area contributed by atoms with Gasteiger partial charge in [-0.1, -0.05) is 0 Å². The minimum absolute atomic E-state index is 0.576. The fraction of sp³-hybridized carbons (Fsp3) is 1.00. The fourth-order valence-corrected chi connectivity index (χ4v) is 11.4. The maximum atomic E-state index is 2.51. The van der Waals surface area contributed by atoms with E-state index in [9.17, 15) is 0 Å². The lowest BCUT2D eigenvalue weighted by Gasteiger charge is -2.31. The average molecular weight is 407 g/mol. The van der Waals surface area contributed by atoms with Gasteiger partial charge < -0.3 is 9.80 Å². The first kappa shape index (κ1) is 20.1. The normalized spacial score (nSPS) is 36.0. The van der Waals surface area contributed by atoms with E-state index in [1.165, 1.54) is 61.8 Å². The maximum absolute atomic E-state index is 2.51. The third-order valence-electron chi connectivity index (χ3n) is 5.74. The van der Waals surface area contributed by atoms with Crippen LogP contribution in [0, 0.1) is 0 Å². The fourth-order valence-electron chi connectivity index (χ4n) is 4.06. The topological polar surface area (TPSA) is 6.48 Å². The van der Waals surface area contributed by atoms with E-state index in [4.69, 9.17) is 0 Å². The van der Waals surface area contributed by atoms with Crippen molar-refractivity contribution in [3.8, 4) is 0 Å². The summed E-state index contributed by atoms with van der Waals surface area (Å²) in [4.78, 5) is 5.01. The SMILES string of the molecule is C[C@@H]1CC2(CN1C)SCCCS2.C[C@@H]1CC2(CN1C)SCCCS2. The van der Waals surface area contributed by atoms with E-state index in [1.54, 1.807) is 0 Å². The Morgan fingerprint density at radius 2 is 1.00 bits per heavy atom. The molecule has 0 unspecified atom stereocenters. The van der Waals surface area contributed by atoms with E-state index >= 15 is 0 Å². The monoisotopic (exact) mass is 406 g/mol. The van der Waals surface area contributed by atoms with Crippen molar-refractivity contribution < 1.29 is 0 Å². The molecule has 0 aromatic carbocycles. The largest absolute Gasteiger partial charge is 0.301 e. The summed E-state index contributed by atoms with van der Waals surface area (Å²) in [5, 5.41) is 0. The minimum atomic E-state index is 0.576. The van der Waals surface area contributed by atoms with Gasteiger partial charge in [0, 0.05) is 25.2 Å². The van der Waals surface area contributed by atoms with E-state index in [1.807, 2.05) is 0 Å². The van der Waals surface area contributed by atoms with Crippen LogP contribution >= 0.6 is 47.0 Å². The van der Waals surface area contributed by atoms with Gasteiger partial charge in [-0.3, -0.25) is 0 Å². The van der Waals surface area contributed by atoms with Gasteiger partial charge in [0.05, 0.1) is 8.16 Å². The van der Waals surface area contributed by atoms with Crippen molar-refractivity contribution in [3.63, 3.8) is 0 Å². The highest BCUT2D eigenvalue weighted by atomic mass is 32.2. The lowest BCUT2D eigenvalue weighted by Crippen LogP contribution is -2.28. The zero-order valence-electron chi connectivity index (χ0n) is 15.8. The predicted octanol–water partition coefficient (Wildman–Crippen LogP) is 4.55. The molecule has 4 aliphatic heterocycles. The lowest BCUT2D eigenvalue weighted by molar-refractivity contribution is 0.330. The van der Waals surface area contributed by atoms with Crippen LogP contribution in [-0.2, 0) is 0 Å². The molecular formula is C18H34N2S4. The molecule has 140 valence electrons. The molecule has 2 spiro atoms. The van der Waals surface area contributed by atoms with Gasteiger partial charge in [-0.15, -0.1) is 47.0 Å². The molecule has 24 heavy (non-hydrogen) atoms. The molecule has 6 heteroatoms. The van der Waals surface area contributed by atoms with E-state index in [0.717, 1.165) is 12.1 Å². The molecular weight excluding hydrogens is 372 g/mol. The van der Waals surface area contributed by atoms with Gasteiger partial charge in [0.2, 0.25) is 0 Å². The first-order valence-electron chi connectivity index (χ1n) is 9.40. The molecule has 0 saturated carbocycles. The van der Waals surface area contributed by atoms with Gasteiger partial charge in [0.15, 0.2) is 0 Å². The third kappa shape index (κ3) is 4.78. The summed E-state index contributed by atoms with van der Waals surface area (Å²) in [5.41, 5.74) is 0. The molecule has 0 radical (unpaired) electrons. The Hall–Kier alpha value is 1.32. The summed E-state index contributed by atoms with van der Waals surface area (Å²) < 4.78 is 1.15. The van der Waals surface area contributed by atoms with Crippen molar-refractivity contribution in [2.45, 2.75) is 59.8 Å². The Kier molecular flexibility index (Phi) is 7.15. The van der Waals surface area contributed by atoms with Crippen LogP contribution in [0.4, 0.5) is 0 Å². The Morgan fingerprint density at radius 1 is 0.667 bits per heavy atom. The average Bonchev–Trinajstić information content (AvgIpc) is 2.97. The van der Waals surface area contributed by atoms with Crippen LogP contribution in [0.5, 0.6) is 0 Å². The molecule has 0 aliphatic carbocycles. The number of rotatable bonds is 0. The van der Waals surface area contributed by atoms with E-state index in [0.29, 0.717) is 8.16 Å². The number of nitrogens with zero attached hydrogens (tertiary/aromatic N) is 2. The molecule has 4 heterocycles. The number of hydrogen-bond acceptors (Lipinski definition) is 6. The van der Waals surface area contributed by atoms with Gasteiger partial charge in [-0.2, -0.15) is 0 Å². The molecule has 0 bridgehead atoms. The summed E-state index contributed by atoms with van der Waals surface area (Å²) in [6, 6.07) is 1.59. The van der Waals surface area contributed by atoms with Crippen LogP contribution in [0.1, 0.15) is 39.5 Å². The summed E-state index contributed by atoms with van der Waals surface area (Å²) >= 11 is 8.81. The second-order valence-corrected chi connectivity index (χ2v) is 14.3. The Labute approximate surface area is 166 Å². The van der Waals surface area contributed by atoms with Gasteiger partial charge in [0.25, 0.3) is 0 Å². The number of hydrogen-bond donors (Lipinski definition) is 0. The summed E-state index contributed by atoms with van der Waals surface area (Å²) in [7, 11) is 4.52. The Balaban J connectivity index is 0.000000141. The number of thioether (sulfide) groups is 4. The van der Waals surface area contributed by atoms with Gasteiger partial charge in [-0.25, -0.2) is 0 Å². The zero-order valence-corrected chi connectivity index (χ0v) is 19.0. The van der Waals surface area contributed by atoms with Crippen LogP contribution in [0.2, 0.25) is 0 Å². The van der Waals surface area contributed by atoms with Gasteiger partial charge in [0.1, 0.15) is 0 Å². The second-order valence-electron chi connectivity index (χ2n) is 7.86. The molecule has 4 rings (SSSR count). The van der Waals surface area contributed by atoms with Crippen LogP contribution in [0.25, 0.3) is 0 Å². The first-order chi connectivity index (χ1) is 11.4. The molecule has 4 saturated heterocycles. The van der Waals surface area contributed by atoms with E-state index in [-0.39, 0.29) is 0 Å². The Morgan fingerprint density at radius 3 is 1.25 bits per heavy atom. The van der Waals surface area contributed by atoms with Crippen molar-refractivity contribution in [1.29, 1.82) is 0 Å². The smallest absolute Gasteiger partial charge is 0.0752 e. The van der Waals surface area contributed by atoms with Crippen molar-refractivity contribution in [3.05, 3.63) is 0 Å². The molecule has 4 aliphatic rings. The highest BCUT2D eigenvalue weighted by molar-refractivity contribution is 8.19. The van der Waals surface area contributed by atoms with E-state index < -0.39 is 0 Å². The molecule has 2 atom stereocenters. The van der Waals surface area contributed by atoms with Crippen molar-refractivity contribution >= 4 is 47.0 Å². The standard InChI is InChI=1S/2C9H17NS2/c2*1-8-6-9(7-10(8)2)11-4-3-5-12-9/h2*8H,3-7H2,1-2H3/t2*8-/m11/s1. The predicted molar refractivity (Wildman–Crippen MR) is 118 cm³/mol. The molecule has 0 amide bonds. The summed E-state index contributed by atoms with van der Waals surface area (Å²) in [5.74, 6) is 5.53. The van der Waals surface area contributed by atoms with Crippen molar-refractivity contribution in [2.24, 2.45) is 0 Å². The molecule has 0 aromatic rings. The molecule has 2 nitrogen and oxygen atoms in total. The molecule has 4 fully saturated rings. The highest BCUT2D eigenvalue weighted by Gasteiger charge is 2.43. The Bertz CT molecular complexity index is 346. The second kappa shape index (κ2) is 8.55. The lowest BCUT2D eigenvalue weighted by atomic mass is 10.2. The van der Waals surface area contributed by atoms with Crippen LogP contribution in [-0.4, -0.2) is 80.2 Å². The zero-order chi connectivity index (χ0) is 17.2. The van der Waals surface area contributed by atoms with E-state index in [2.05, 4.69) is 84.8 Å². The molecule has 0 aromatic heterocycles. The quantitative estimate of drug-likeness (QED) is 0.578. The van der Waals surface area contributed by atoms with Crippen LogP contribution in [0.15, 0.2) is 0 Å². The number of likely N-dealkylation sites (tertiary alicyclic amines) is 2. The summed E-state index contributed by atoms with van der Waals surface area (Å²) in [6.07, 6.45) is 5.60. The minimum Gasteiger partial charge on any atom is -0.301 e. The van der Waals surface area contributed by atoms with Gasteiger partial charge in [-0.05, 0) is 76.6 Å².